The maximum atomic E-state index is 10.8. The molecular weight excluding hydrogens is 280 g/mol. The van der Waals surface area contributed by atoms with E-state index in [0.717, 1.165) is 29.1 Å². The topological polar surface area (TPSA) is 63.7 Å². The fraction of sp³-hybridized carbons (Fsp3) is 0.188. The zero-order chi connectivity index (χ0) is 15.7. The van der Waals surface area contributed by atoms with Crippen LogP contribution in [0.4, 0.5) is 5.69 Å². The highest BCUT2D eigenvalue weighted by Crippen LogP contribution is 2.27. The van der Waals surface area contributed by atoms with E-state index in [-0.39, 0.29) is 5.69 Å². The second kappa shape index (κ2) is 5.57. The Morgan fingerprint density at radius 3 is 2.55 bits per heavy atom. The molecule has 112 valence electrons. The predicted octanol–water partition coefficient (Wildman–Crippen LogP) is 2.97. The standard InChI is InChI=1S/C16H16N4O2/c1-18(2)11-14-16(17-15-5-3-4-10-19(14)15)12-6-8-13(9-7-12)20(21)22/h3-10H,11H2,1-2H3. The number of hydrogen-bond acceptors (Lipinski definition) is 4. The van der Waals surface area contributed by atoms with E-state index < -0.39 is 4.92 Å². The van der Waals surface area contributed by atoms with Crippen LogP contribution in [0.3, 0.4) is 0 Å². The summed E-state index contributed by atoms with van der Waals surface area (Å²) in [6, 6.07) is 12.4. The van der Waals surface area contributed by atoms with Crippen molar-refractivity contribution < 1.29 is 4.92 Å². The molecule has 0 aliphatic heterocycles. The van der Waals surface area contributed by atoms with Crippen molar-refractivity contribution in [2.75, 3.05) is 14.1 Å². The number of fused-ring (bicyclic) bond motifs is 1. The first-order valence-corrected chi connectivity index (χ1v) is 6.92. The van der Waals surface area contributed by atoms with Crippen LogP contribution in [0.1, 0.15) is 5.69 Å². The molecule has 6 heteroatoms. The van der Waals surface area contributed by atoms with Crippen molar-refractivity contribution in [3.05, 3.63) is 64.5 Å². The smallest absolute Gasteiger partial charge is 0.269 e. The van der Waals surface area contributed by atoms with E-state index >= 15 is 0 Å². The number of hydrogen-bond donors (Lipinski definition) is 0. The van der Waals surface area contributed by atoms with Crippen molar-refractivity contribution in [3.63, 3.8) is 0 Å². The summed E-state index contributed by atoms with van der Waals surface area (Å²) >= 11 is 0. The van der Waals surface area contributed by atoms with Gasteiger partial charge in [0.2, 0.25) is 0 Å². The first kappa shape index (κ1) is 14.2. The number of benzene rings is 1. The lowest BCUT2D eigenvalue weighted by Gasteiger charge is -2.11. The third-order valence-corrected chi connectivity index (χ3v) is 3.45. The minimum Gasteiger partial charge on any atom is -0.304 e. The van der Waals surface area contributed by atoms with Crippen LogP contribution in [0.15, 0.2) is 48.7 Å². The monoisotopic (exact) mass is 296 g/mol. The molecule has 0 saturated carbocycles. The van der Waals surface area contributed by atoms with Gasteiger partial charge in [0.05, 0.1) is 16.3 Å². The van der Waals surface area contributed by atoms with Crippen LogP contribution in [-0.4, -0.2) is 33.3 Å². The molecule has 0 spiro atoms. The molecule has 3 rings (SSSR count). The number of non-ortho nitro benzene ring substituents is 1. The lowest BCUT2D eigenvalue weighted by molar-refractivity contribution is -0.384. The molecule has 0 bridgehead atoms. The van der Waals surface area contributed by atoms with Gasteiger partial charge in [-0.25, -0.2) is 4.98 Å². The summed E-state index contributed by atoms with van der Waals surface area (Å²) in [6.45, 7) is 0.734. The Morgan fingerprint density at radius 2 is 1.91 bits per heavy atom. The van der Waals surface area contributed by atoms with E-state index in [1.165, 1.54) is 12.1 Å². The van der Waals surface area contributed by atoms with Gasteiger partial charge in [-0.2, -0.15) is 0 Å². The highest BCUT2D eigenvalue weighted by molar-refractivity contribution is 5.67. The Balaban J connectivity index is 2.14. The van der Waals surface area contributed by atoms with Gasteiger partial charge in [-0.3, -0.25) is 10.1 Å². The second-order valence-electron chi connectivity index (χ2n) is 5.38. The summed E-state index contributed by atoms with van der Waals surface area (Å²) in [7, 11) is 4.00. The van der Waals surface area contributed by atoms with E-state index in [0.29, 0.717) is 0 Å². The largest absolute Gasteiger partial charge is 0.304 e. The maximum Gasteiger partial charge on any atom is 0.269 e. The van der Waals surface area contributed by atoms with Crippen molar-refractivity contribution in [3.8, 4) is 11.3 Å². The van der Waals surface area contributed by atoms with Crippen molar-refractivity contribution in [2.45, 2.75) is 6.54 Å². The molecule has 2 heterocycles. The van der Waals surface area contributed by atoms with Gasteiger partial charge < -0.3 is 9.30 Å². The number of nitrogens with zero attached hydrogens (tertiary/aromatic N) is 4. The Morgan fingerprint density at radius 1 is 1.18 bits per heavy atom. The van der Waals surface area contributed by atoms with Crippen LogP contribution in [0.2, 0.25) is 0 Å². The molecule has 0 atom stereocenters. The first-order chi connectivity index (χ1) is 10.6. The van der Waals surface area contributed by atoms with Gasteiger partial charge in [0, 0.05) is 30.4 Å². The molecule has 0 N–H and O–H groups in total. The van der Waals surface area contributed by atoms with Crippen molar-refractivity contribution in [2.24, 2.45) is 0 Å². The molecule has 0 saturated heterocycles. The minimum atomic E-state index is -0.395. The average Bonchev–Trinajstić information content (AvgIpc) is 2.86. The number of aromatic nitrogens is 2. The van der Waals surface area contributed by atoms with Crippen LogP contribution in [0.25, 0.3) is 16.9 Å². The molecule has 0 aliphatic rings. The van der Waals surface area contributed by atoms with Crippen LogP contribution >= 0.6 is 0 Å². The Kier molecular flexibility index (Phi) is 3.60. The molecule has 22 heavy (non-hydrogen) atoms. The highest BCUT2D eigenvalue weighted by Gasteiger charge is 2.15. The summed E-state index contributed by atoms with van der Waals surface area (Å²) in [5, 5.41) is 10.8. The summed E-state index contributed by atoms with van der Waals surface area (Å²) in [6.07, 6.45) is 1.98. The normalized spacial score (nSPS) is 11.2. The number of rotatable bonds is 4. The van der Waals surface area contributed by atoms with Crippen LogP contribution in [-0.2, 0) is 6.54 Å². The third kappa shape index (κ3) is 2.56. The van der Waals surface area contributed by atoms with Crippen LogP contribution < -0.4 is 0 Å². The molecular formula is C16H16N4O2. The van der Waals surface area contributed by atoms with Crippen molar-refractivity contribution in [1.82, 2.24) is 14.3 Å². The quantitative estimate of drug-likeness (QED) is 0.548. The van der Waals surface area contributed by atoms with Gasteiger partial charge in [0.25, 0.3) is 5.69 Å². The number of imidazole rings is 1. The molecule has 3 aromatic rings. The molecule has 1 aromatic carbocycles. The summed E-state index contributed by atoms with van der Waals surface area (Å²) in [5.74, 6) is 0. The Hall–Kier alpha value is -2.73. The molecule has 6 nitrogen and oxygen atoms in total. The number of nitro benzene ring substituents is 1. The number of pyridine rings is 1. The molecule has 0 unspecified atom stereocenters. The van der Waals surface area contributed by atoms with Crippen molar-refractivity contribution >= 4 is 11.3 Å². The third-order valence-electron chi connectivity index (χ3n) is 3.45. The summed E-state index contributed by atoms with van der Waals surface area (Å²) in [4.78, 5) is 17.1. The SMILES string of the molecule is CN(C)Cc1c(-c2ccc([N+](=O)[O-])cc2)nc2ccccn12. The first-order valence-electron chi connectivity index (χ1n) is 6.92. The van der Waals surface area contributed by atoms with Crippen LogP contribution in [0, 0.1) is 10.1 Å². The van der Waals surface area contributed by atoms with E-state index in [9.17, 15) is 10.1 Å². The lowest BCUT2D eigenvalue weighted by Crippen LogP contribution is -2.13. The molecule has 0 fully saturated rings. The van der Waals surface area contributed by atoms with E-state index in [4.69, 9.17) is 0 Å². The molecule has 0 aliphatic carbocycles. The zero-order valence-corrected chi connectivity index (χ0v) is 12.4. The molecule has 0 amide bonds. The minimum absolute atomic E-state index is 0.0849. The summed E-state index contributed by atoms with van der Waals surface area (Å²) < 4.78 is 2.05. The molecule has 2 aromatic heterocycles. The lowest BCUT2D eigenvalue weighted by atomic mass is 10.1. The maximum absolute atomic E-state index is 10.8. The van der Waals surface area contributed by atoms with Gasteiger partial charge in [0.15, 0.2) is 0 Å². The van der Waals surface area contributed by atoms with Gasteiger partial charge in [0.1, 0.15) is 5.65 Å². The number of nitro groups is 1. The van der Waals surface area contributed by atoms with Gasteiger partial charge in [-0.05, 0) is 38.4 Å². The fourth-order valence-corrected chi connectivity index (χ4v) is 2.47. The molecule has 0 radical (unpaired) electrons. The fourth-order valence-electron chi connectivity index (χ4n) is 2.47. The van der Waals surface area contributed by atoms with E-state index in [1.54, 1.807) is 12.1 Å². The Bertz CT molecular complexity index is 822. The average molecular weight is 296 g/mol. The second-order valence-corrected chi connectivity index (χ2v) is 5.38. The van der Waals surface area contributed by atoms with E-state index in [1.807, 2.05) is 38.5 Å². The van der Waals surface area contributed by atoms with Gasteiger partial charge >= 0.3 is 0 Å². The van der Waals surface area contributed by atoms with Crippen LogP contribution in [0.5, 0.6) is 0 Å². The predicted molar refractivity (Wildman–Crippen MR) is 84.7 cm³/mol. The van der Waals surface area contributed by atoms with Gasteiger partial charge in [-0.1, -0.05) is 6.07 Å². The van der Waals surface area contributed by atoms with Crippen molar-refractivity contribution in [1.29, 1.82) is 0 Å². The van der Waals surface area contributed by atoms with Gasteiger partial charge in [-0.15, -0.1) is 0 Å². The zero-order valence-electron chi connectivity index (χ0n) is 12.4. The summed E-state index contributed by atoms with van der Waals surface area (Å²) in [5.41, 5.74) is 3.75. The highest BCUT2D eigenvalue weighted by atomic mass is 16.6. The van der Waals surface area contributed by atoms with E-state index in [2.05, 4.69) is 14.3 Å². The Labute approximate surface area is 127 Å².